The summed E-state index contributed by atoms with van der Waals surface area (Å²) in [6.07, 6.45) is 1.46. The molecule has 28 heavy (non-hydrogen) atoms. The van der Waals surface area contributed by atoms with E-state index in [0.29, 0.717) is 29.8 Å². The summed E-state index contributed by atoms with van der Waals surface area (Å²) >= 11 is 0. The summed E-state index contributed by atoms with van der Waals surface area (Å²) in [5, 5.41) is 0. The van der Waals surface area contributed by atoms with Crippen LogP contribution in [0.1, 0.15) is 42.5 Å². The van der Waals surface area contributed by atoms with Crippen molar-refractivity contribution in [1.29, 1.82) is 0 Å². The Kier molecular flexibility index (Phi) is 5.84. The van der Waals surface area contributed by atoms with Crippen molar-refractivity contribution in [3.05, 3.63) is 59.2 Å². The number of hydrogen-bond acceptors (Lipinski definition) is 4. The fraction of sp³-hybridized carbons (Fsp3) is 0.400. The number of anilines is 1. The molecule has 0 aromatic heterocycles. The summed E-state index contributed by atoms with van der Waals surface area (Å²) < 4.78 is 54.9. The van der Waals surface area contributed by atoms with Crippen LogP contribution in [-0.4, -0.2) is 29.1 Å². The van der Waals surface area contributed by atoms with Gasteiger partial charge in [-0.3, -0.25) is 4.31 Å². The average Bonchev–Trinajstić information content (AvgIpc) is 2.63. The smallest absolute Gasteiger partial charge is 0.241 e. The van der Waals surface area contributed by atoms with Gasteiger partial charge in [-0.25, -0.2) is 21.6 Å². The van der Waals surface area contributed by atoms with Gasteiger partial charge in [0.25, 0.3) is 0 Å². The maximum absolute atomic E-state index is 13.0. The number of rotatable bonds is 5. The van der Waals surface area contributed by atoms with Crippen molar-refractivity contribution in [3.63, 3.8) is 0 Å². The Morgan fingerprint density at radius 1 is 1.04 bits per heavy atom. The van der Waals surface area contributed by atoms with Crippen LogP contribution in [-0.2, 0) is 20.0 Å². The zero-order valence-electron chi connectivity index (χ0n) is 16.3. The second-order valence-corrected chi connectivity index (χ2v) is 10.9. The van der Waals surface area contributed by atoms with Crippen molar-refractivity contribution in [2.75, 3.05) is 16.6 Å². The van der Waals surface area contributed by atoms with Crippen LogP contribution >= 0.6 is 0 Å². The third-order valence-corrected chi connectivity index (χ3v) is 8.57. The molecule has 1 atom stereocenters. The first-order valence-corrected chi connectivity index (χ1v) is 12.4. The Balaban J connectivity index is 1.93. The van der Waals surface area contributed by atoms with Crippen LogP contribution in [0, 0.1) is 13.8 Å². The number of sulfonamides is 2. The fourth-order valence-electron chi connectivity index (χ4n) is 3.50. The Morgan fingerprint density at radius 2 is 1.71 bits per heavy atom. The molecule has 1 fully saturated rings. The molecular formula is C20H26N2O4S2. The summed E-state index contributed by atoms with van der Waals surface area (Å²) in [5.41, 5.74) is 2.58. The second-order valence-electron chi connectivity index (χ2n) is 7.25. The van der Waals surface area contributed by atoms with Crippen molar-refractivity contribution in [2.45, 2.75) is 44.6 Å². The van der Waals surface area contributed by atoms with E-state index >= 15 is 0 Å². The lowest BCUT2D eigenvalue weighted by atomic mass is 10.1. The van der Waals surface area contributed by atoms with Crippen molar-refractivity contribution in [3.8, 4) is 0 Å². The first-order valence-electron chi connectivity index (χ1n) is 9.31. The minimum Gasteiger partial charge on any atom is -0.270 e. The molecule has 1 saturated heterocycles. The van der Waals surface area contributed by atoms with Gasteiger partial charge >= 0.3 is 0 Å². The van der Waals surface area contributed by atoms with E-state index in [1.165, 1.54) is 4.31 Å². The zero-order chi connectivity index (χ0) is 20.5. The topological polar surface area (TPSA) is 83.6 Å². The number of hydrogen-bond donors (Lipinski definition) is 1. The van der Waals surface area contributed by atoms with Gasteiger partial charge in [0.05, 0.1) is 16.3 Å². The highest BCUT2D eigenvalue weighted by Gasteiger charge is 2.29. The van der Waals surface area contributed by atoms with Gasteiger partial charge in [-0.1, -0.05) is 30.3 Å². The van der Waals surface area contributed by atoms with Gasteiger partial charge in [0.15, 0.2) is 0 Å². The lowest BCUT2D eigenvalue weighted by Crippen LogP contribution is -2.38. The van der Waals surface area contributed by atoms with Crippen LogP contribution < -0.4 is 9.03 Å². The van der Waals surface area contributed by atoms with E-state index in [9.17, 15) is 16.8 Å². The van der Waals surface area contributed by atoms with E-state index < -0.39 is 20.0 Å². The van der Waals surface area contributed by atoms with E-state index in [0.717, 1.165) is 12.0 Å². The molecule has 0 saturated carbocycles. The van der Waals surface area contributed by atoms with Gasteiger partial charge in [0, 0.05) is 12.6 Å². The monoisotopic (exact) mass is 422 g/mol. The van der Waals surface area contributed by atoms with Crippen LogP contribution in [0.4, 0.5) is 5.69 Å². The molecule has 0 spiro atoms. The SMILES string of the molecule is Cc1cc(S(=O)(=O)NC(C)c2ccccc2)c(C)cc1N1CCCCS1(=O)=O. The first kappa shape index (κ1) is 20.8. The third kappa shape index (κ3) is 4.24. The molecular weight excluding hydrogens is 396 g/mol. The molecule has 6 nitrogen and oxygen atoms in total. The summed E-state index contributed by atoms with van der Waals surface area (Å²) in [4.78, 5) is 0.172. The molecule has 1 heterocycles. The average molecular weight is 423 g/mol. The van der Waals surface area contributed by atoms with Crippen molar-refractivity contribution >= 4 is 25.7 Å². The largest absolute Gasteiger partial charge is 0.270 e. The lowest BCUT2D eigenvalue weighted by Gasteiger charge is -2.30. The van der Waals surface area contributed by atoms with Crippen LogP contribution in [0.2, 0.25) is 0 Å². The van der Waals surface area contributed by atoms with Gasteiger partial charge in [-0.05, 0) is 62.4 Å². The van der Waals surface area contributed by atoms with Crippen LogP contribution in [0.5, 0.6) is 0 Å². The normalized spacial score (nSPS) is 18.0. The molecule has 2 aromatic rings. The molecule has 0 aliphatic carbocycles. The van der Waals surface area contributed by atoms with Crippen molar-refractivity contribution in [1.82, 2.24) is 4.72 Å². The highest BCUT2D eigenvalue weighted by Crippen LogP contribution is 2.31. The van der Waals surface area contributed by atoms with Gasteiger partial charge in [0.2, 0.25) is 20.0 Å². The van der Waals surface area contributed by atoms with Gasteiger partial charge < -0.3 is 0 Å². The highest BCUT2D eigenvalue weighted by atomic mass is 32.2. The molecule has 0 radical (unpaired) electrons. The minimum atomic E-state index is -3.76. The Morgan fingerprint density at radius 3 is 2.36 bits per heavy atom. The quantitative estimate of drug-likeness (QED) is 0.802. The first-order chi connectivity index (χ1) is 13.1. The molecule has 1 aliphatic rings. The number of aryl methyl sites for hydroxylation is 2. The van der Waals surface area contributed by atoms with Crippen molar-refractivity contribution in [2.24, 2.45) is 0 Å². The van der Waals surface area contributed by atoms with Crippen LogP contribution in [0.3, 0.4) is 0 Å². The predicted octanol–water partition coefficient (Wildman–Crippen LogP) is 3.27. The number of nitrogens with zero attached hydrogens (tertiary/aromatic N) is 1. The van der Waals surface area contributed by atoms with E-state index in [2.05, 4.69) is 4.72 Å². The van der Waals surface area contributed by atoms with Gasteiger partial charge in [-0.2, -0.15) is 0 Å². The molecule has 0 bridgehead atoms. The van der Waals surface area contributed by atoms with E-state index in [4.69, 9.17) is 0 Å². The van der Waals surface area contributed by atoms with Crippen LogP contribution in [0.25, 0.3) is 0 Å². The summed E-state index contributed by atoms with van der Waals surface area (Å²) in [5.74, 6) is 0.127. The Hall–Kier alpha value is -1.90. The maximum atomic E-state index is 13.0. The fourth-order valence-corrected chi connectivity index (χ4v) is 6.73. The second kappa shape index (κ2) is 7.85. The minimum absolute atomic E-state index is 0.127. The van der Waals surface area contributed by atoms with Crippen molar-refractivity contribution < 1.29 is 16.8 Å². The predicted molar refractivity (Wildman–Crippen MR) is 111 cm³/mol. The van der Waals surface area contributed by atoms with Gasteiger partial charge in [0.1, 0.15) is 0 Å². The highest BCUT2D eigenvalue weighted by molar-refractivity contribution is 7.92. The molecule has 1 aliphatic heterocycles. The molecule has 0 amide bonds. The van der Waals surface area contributed by atoms with E-state index in [-0.39, 0.29) is 16.7 Å². The molecule has 1 unspecified atom stereocenters. The molecule has 152 valence electrons. The maximum Gasteiger partial charge on any atom is 0.241 e. The zero-order valence-corrected chi connectivity index (χ0v) is 18.0. The molecule has 8 heteroatoms. The summed E-state index contributed by atoms with van der Waals surface area (Å²) in [7, 11) is -7.11. The standard InChI is InChI=1S/C20H26N2O4S2/c1-15-14-20(28(25,26)21-17(3)18-9-5-4-6-10-18)16(2)13-19(15)22-11-7-8-12-27(22,23)24/h4-6,9-10,13-14,17,21H,7-8,11-12H2,1-3H3. The number of benzene rings is 2. The summed E-state index contributed by atoms with van der Waals surface area (Å²) in [6.45, 7) is 5.67. The number of nitrogens with one attached hydrogen (secondary N) is 1. The molecule has 2 aromatic carbocycles. The van der Waals surface area contributed by atoms with Gasteiger partial charge in [-0.15, -0.1) is 0 Å². The molecule has 1 N–H and O–H groups in total. The lowest BCUT2D eigenvalue weighted by molar-refractivity contribution is 0.566. The summed E-state index contributed by atoms with van der Waals surface area (Å²) in [6, 6.07) is 12.2. The van der Waals surface area contributed by atoms with E-state index in [1.807, 2.05) is 30.3 Å². The Bertz CT molecular complexity index is 1060. The Labute approximate surface area is 167 Å². The molecule has 3 rings (SSSR count). The third-order valence-electron chi connectivity index (χ3n) is 5.03. The van der Waals surface area contributed by atoms with E-state index in [1.54, 1.807) is 32.9 Å². The van der Waals surface area contributed by atoms with Crippen LogP contribution in [0.15, 0.2) is 47.4 Å².